The zero-order valence-corrected chi connectivity index (χ0v) is 10.6. The molecule has 0 heterocycles. The summed E-state index contributed by atoms with van der Waals surface area (Å²) in [5, 5.41) is -0.0466. The lowest BCUT2D eigenvalue weighted by Gasteiger charge is -2.32. The average molecular weight is 258 g/mol. The Morgan fingerprint density at radius 2 is 2.06 bits per heavy atom. The van der Waals surface area contributed by atoms with Gasteiger partial charge in [0.2, 0.25) is 0 Å². The highest BCUT2D eigenvalue weighted by atomic mass is 35.5. The van der Waals surface area contributed by atoms with E-state index in [1.807, 2.05) is 11.9 Å². The molecule has 0 spiro atoms. The third-order valence-corrected chi connectivity index (χ3v) is 3.76. The van der Waals surface area contributed by atoms with Crippen LogP contribution in [0.4, 0.5) is 21.5 Å². The fraction of sp³-hybridized carbons (Fsp3) is 0.500. The minimum absolute atomic E-state index is 0.0466. The highest BCUT2D eigenvalue weighted by Gasteiger charge is 2.23. The summed E-state index contributed by atoms with van der Waals surface area (Å²) in [6.45, 7) is 0.807. The van der Waals surface area contributed by atoms with Crippen molar-refractivity contribution in [3.05, 3.63) is 16.9 Å². The highest BCUT2D eigenvalue weighted by molar-refractivity contribution is 6.33. The maximum Gasteiger partial charge on any atom is 0.169 e. The summed E-state index contributed by atoms with van der Waals surface area (Å²) in [4.78, 5) is 1.83. The molecule has 0 radical (unpaired) electrons. The maximum atomic E-state index is 14.0. The number of nitrogen functional groups attached to an aromatic ring is 2. The SMILES string of the molecule is CN(CC1CCC1)c1c(N)cc(N)c(Cl)c1F. The van der Waals surface area contributed by atoms with E-state index < -0.39 is 5.82 Å². The molecule has 0 aliphatic heterocycles. The highest BCUT2D eigenvalue weighted by Crippen LogP contribution is 2.37. The van der Waals surface area contributed by atoms with Crippen LogP contribution >= 0.6 is 11.6 Å². The fourth-order valence-electron chi connectivity index (χ4n) is 2.20. The molecular weight excluding hydrogens is 241 g/mol. The van der Waals surface area contributed by atoms with Crippen LogP contribution in [0.25, 0.3) is 0 Å². The Morgan fingerprint density at radius 1 is 1.41 bits per heavy atom. The van der Waals surface area contributed by atoms with E-state index in [-0.39, 0.29) is 10.7 Å². The first kappa shape index (κ1) is 12.3. The van der Waals surface area contributed by atoms with Crippen molar-refractivity contribution in [2.75, 3.05) is 30.0 Å². The second-order valence-electron chi connectivity index (χ2n) is 4.71. The van der Waals surface area contributed by atoms with Gasteiger partial charge in [-0.05, 0) is 24.8 Å². The molecular formula is C12H17ClFN3. The van der Waals surface area contributed by atoms with Gasteiger partial charge in [-0.15, -0.1) is 0 Å². The summed E-state index contributed by atoms with van der Waals surface area (Å²) in [7, 11) is 1.83. The monoisotopic (exact) mass is 257 g/mol. The molecule has 94 valence electrons. The summed E-state index contributed by atoms with van der Waals surface area (Å²) in [5.41, 5.74) is 12.2. The first-order chi connectivity index (χ1) is 8.00. The van der Waals surface area contributed by atoms with Crippen LogP contribution in [0.2, 0.25) is 5.02 Å². The molecule has 5 heteroatoms. The second kappa shape index (κ2) is 4.61. The summed E-state index contributed by atoms with van der Waals surface area (Å²) in [6, 6.07) is 1.51. The lowest BCUT2D eigenvalue weighted by Crippen LogP contribution is -2.30. The van der Waals surface area contributed by atoms with Crippen LogP contribution in [-0.4, -0.2) is 13.6 Å². The molecule has 1 saturated carbocycles. The van der Waals surface area contributed by atoms with Gasteiger partial charge in [-0.1, -0.05) is 18.0 Å². The lowest BCUT2D eigenvalue weighted by atomic mass is 9.85. The van der Waals surface area contributed by atoms with Gasteiger partial charge >= 0.3 is 0 Å². The van der Waals surface area contributed by atoms with Crippen molar-refractivity contribution in [1.82, 2.24) is 0 Å². The number of halogens is 2. The van der Waals surface area contributed by atoms with Crippen molar-refractivity contribution in [2.45, 2.75) is 19.3 Å². The quantitative estimate of drug-likeness (QED) is 0.819. The van der Waals surface area contributed by atoms with Gasteiger partial charge in [-0.2, -0.15) is 0 Å². The molecule has 17 heavy (non-hydrogen) atoms. The number of hydrogen-bond acceptors (Lipinski definition) is 3. The molecule has 4 N–H and O–H groups in total. The van der Waals surface area contributed by atoms with E-state index in [0.29, 0.717) is 17.3 Å². The number of nitrogens with two attached hydrogens (primary N) is 2. The predicted octanol–water partition coefficient (Wildman–Crippen LogP) is 2.88. The molecule has 0 amide bonds. The van der Waals surface area contributed by atoms with Crippen molar-refractivity contribution >= 4 is 28.7 Å². The molecule has 2 rings (SSSR count). The normalized spacial score (nSPS) is 15.7. The molecule has 1 aromatic rings. The molecule has 0 unspecified atom stereocenters. The van der Waals surface area contributed by atoms with Crippen molar-refractivity contribution in [1.29, 1.82) is 0 Å². The summed E-state index contributed by atoms with van der Waals surface area (Å²) in [5.74, 6) is 0.112. The Kier molecular flexibility index (Phi) is 3.33. The van der Waals surface area contributed by atoms with Gasteiger partial charge in [-0.25, -0.2) is 4.39 Å². The van der Waals surface area contributed by atoms with E-state index in [1.54, 1.807) is 0 Å². The predicted molar refractivity (Wildman–Crippen MR) is 70.8 cm³/mol. The van der Waals surface area contributed by atoms with Gasteiger partial charge in [0.1, 0.15) is 5.02 Å². The zero-order chi connectivity index (χ0) is 12.6. The molecule has 1 aliphatic carbocycles. The number of anilines is 3. The van der Waals surface area contributed by atoms with Gasteiger partial charge in [0.25, 0.3) is 0 Å². The van der Waals surface area contributed by atoms with E-state index in [1.165, 1.54) is 25.3 Å². The number of nitrogens with zero attached hydrogens (tertiary/aromatic N) is 1. The van der Waals surface area contributed by atoms with E-state index in [0.717, 1.165) is 6.54 Å². The minimum Gasteiger partial charge on any atom is -0.397 e. The summed E-state index contributed by atoms with van der Waals surface area (Å²) >= 11 is 5.80. The van der Waals surface area contributed by atoms with Crippen LogP contribution in [0, 0.1) is 11.7 Å². The maximum absolute atomic E-state index is 14.0. The van der Waals surface area contributed by atoms with E-state index >= 15 is 0 Å². The number of rotatable bonds is 3. The Labute approximate surface area is 106 Å². The van der Waals surface area contributed by atoms with Crippen LogP contribution in [0.5, 0.6) is 0 Å². The molecule has 1 aromatic carbocycles. The summed E-state index contributed by atoms with van der Waals surface area (Å²) < 4.78 is 14.0. The van der Waals surface area contributed by atoms with Gasteiger partial charge in [0.05, 0.1) is 17.1 Å². The largest absolute Gasteiger partial charge is 0.397 e. The first-order valence-electron chi connectivity index (χ1n) is 5.74. The third kappa shape index (κ3) is 2.27. The third-order valence-electron chi connectivity index (χ3n) is 3.38. The van der Waals surface area contributed by atoms with Crippen molar-refractivity contribution in [2.24, 2.45) is 5.92 Å². The number of benzene rings is 1. The standard InChI is InChI=1S/C12H17ClFN3/c1-17(6-7-3-2-4-7)12-9(16)5-8(15)10(13)11(12)14/h5,7H,2-4,6,15-16H2,1H3. The molecule has 0 bridgehead atoms. The Bertz CT molecular complexity index is 432. The Balaban J connectivity index is 2.27. The molecule has 1 aliphatic rings. The van der Waals surface area contributed by atoms with Crippen molar-refractivity contribution < 1.29 is 4.39 Å². The minimum atomic E-state index is -0.522. The summed E-state index contributed by atoms with van der Waals surface area (Å²) in [6.07, 6.45) is 3.67. The Hall–Kier alpha value is -1.16. The zero-order valence-electron chi connectivity index (χ0n) is 9.84. The number of hydrogen-bond donors (Lipinski definition) is 2. The smallest absolute Gasteiger partial charge is 0.169 e. The molecule has 0 aromatic heterocycles. The average Bonchev–Trinajstić information content (AvgIpc) is 2.20. The van der Waals surface area contributed by atoms with Crippen LogP contribution in [0.1, 0.15) is 19.3 Å². The van der Waals surface area contributed by atoms with Gasteiger partial charge in [0.15, 0.2) is 5.82 Å². The molecule has 0 atom stereocenters. The molecule has 0 saturated heterocycles. The van der Waals surface area contributed by atoms with Crippen LogP contribution in [-0.2, 0) is 0 Å². The van der Waals surface area contributed by atoms with Crippen molar-refractivity contribution in [3.8, 4) is 0 Å². The van der Waals surface area contributed by atoms with Crippen LogP contribution in [0.15, 0.2) is 6.07 Å². The van der Waals surface area contributed by atoms with Gasteiger partial charge in [0, 0.05) is 13.6 Å². The second-order valence-corrected chi connectivity index (χ2v) is 5.09. The first-order valence-corrected chi connectivity index (χ1v) is 6.12. The molecule has 1 fully saturated rings. The van der Waals surface area contributed by atoms with Gasteiger partial charge < -0.3 is 16.4 Å². The topological polar surface area (TPSA) is 55.3 Å². The van der Waals surface area contributed by atoms with Crippen LogP contribution < -0.4 is 16.4 Å². The van der Waals surface area contributed by atoms with Gasteiger partial charge in [-0.3, -0.25) is 0 Å². The van der Waals surface area contributed by atoms with Crippen molar-refractivity contribution in [3.63, 3.8) is 0 Å². The van der Waals surface area contributed by atoms with E-state index in [2.05, 4.69) is 0 Å². The van der Waals surface area contributed by atoms with Crippen LogP contribution in [0.3, 0.4) is 0 Å². The molecule has 3 nitrogen and oxygen atoms in total. The fourth-order valence-corrected chi connectivity index (χ4v) is 2.34. The van der Waals surface area contributed by atoms with E-state index in [4.69, 9.17) is 23.1 Å². The lowest BCUT2D eigenvalue weighted by molar-refractivity contribution is 0.321. The van der Waals surface area contributed by atoms with E-state index in [9.17, 15) is 4.39 Å². The Morgan fingerprint density at radius 3 is 2.59 bits per heavy atom.